The molecule has 0 fully saturated rings. The molecule has 0 radical (unpaired) electrons. The Kier molecular flexibility index (Phi) is 3.13. The van der Waals surface area contributed by atoms with Crippen molar-refractivity contribution in [3.8, 4) is 0 Å². The van der Waals surface area contributed by atoms with E-state index >= 15 is 0 Å². The molecule has 6 heteroatoms. The van der Waals surface area contributed by atoms with E-state index in [1.165, 1.54) is 0 Å². The predicted octanol–water partition coefficient (Wildman–Crippen LogP) is -0.413. The van der Waals surface area contributed by atoms with Gasteiger partial charge in [0.2, 0.25) is 0 Å². The van der Waals surface area contributed by atoms with Gasteiger partial charge in [-0.05, 0) is 0 Å². The summed E-state index contributed by atoms with van der Waals surface area (Å²) in [4.78, 5) is 11.0. The number of nitrogens with two attached hydrogens (primary N) is 1. The molecule has 1 aromatic rings. The number of carbonyl (C=O) groups excluding carboxylic acids is 1. The molecule has 14 heavy (non-hydrogen) atoms. The van der Waals surface area contributed by atoms with Crippen molar-refractivity contribution in [3.05, 3.63) is 17.0 Å². The number of hydrogen-bond donors (Lipinski definition) is 2. The third-order valence-electron chi connectivity index (χ3n) is 2.35. The number of primary amides is 1. The van der Waals surface area contributed by atoms with Crippen LogP contribution in [0.1, 0.15) is 21.7 Å². The molecule has 5 nitrogen and oxygen atoms in total. The summed E-state index contributed by atoms with van der Waals surface area (Å²) >= 11 is 0. The number of aryl methyl sites for hydroxylation is 1. The molecule has 0 atom stereocenters. The fraction of sp³-hybridized carbons (Fsp3) is 0.500. The highest BCUT2D eigenvalue weighted by Gasteiger charge is 2.21. The van der Waals surface area contributed by atoms with Crippen LogP contribution in [-0.4, -0.2) is 22.2 Å². The fourth-order valence-electron chi connectivity index (χ4n) is 1.72. The largest absolute Gasteiger partial charge is 0.364 e. The van der Waals surface area contributed by atoms with Gasteiger partial charge in [0.05, 0.1) is 0 Å². The van der Waals surface area contributed by atoms with Gasteiger partial charge in [-0.1, -0.05) is 0 Å². The Balaban J connectivity index is 0.000000980. The molecule has 0 saturated carbocycles. The predicted molar refractivity (Wildman–Crippen MR) is 54.4 cm³/mol. The lowest BCUT2D eigenvalue weighted by molar-refractivity contribution is 0.0994. The molecule has 0 saturated heterocycles. The molecule has 1 aromatic heterocycles. The van der Waals surface area contributed by atoms with Crippen LogP contribution in [0, 0.1) is 0 Å². The summed E-state index contributed by atoms with van der Waals surface area (Å²) in [6.45, 7) is 1.63. The first-order valence-electron chi connectivity index (χ1n) is 4.25. The Bertz CT molecular complexity index is 360. The van der Waals surface area contributed by atoms with E-state index in [1.807, 2.05) is 7.05 Å². The SMILES string of the molecule is Cl.Cn1nc(C(N)=O)c2c1CCNC2. The monoisotopic (exact) mass is 216 g/mol. The van der Waals surface area contributed by atoms with E-state index in [2.05, 4.69) is 10.4 Å². The average Bonchev–Trinajstić information content (AvgIpc) is 2.45. The second kappa shape index (κ2) is 3.98. The molecule has 0 aromatic carbocycles. The maximum atomic E-state index is 11.0. The number of rotatable bonds is 1. The molecule has 1 amide bonds. The molecule has 2 heterocycles. The van der Waals surface area contributed by atoms with Crippen LogP contribution in [0.15, 0.2) is 0 Å². The Morgan fingerprint density at radius 2 is 2.36 bits per heavy atom. The normalized spacial score (nSPS) is 14.4. The molecule has 0 aliphatic carbocycles. The first kappa shape index (κ1) is 11.0. The van der Waals surface area contributed by atoms with Crippen LogP contribution >= 0.6 is 12.4 Å². The maximum absolute atomic E-state index is 11.0. The minimum absolute atomic E-state index is 0. The zero-order chi connectivity index (χ0) is 9.42. The first-order chi connectivity index (χ1) is 6.20. The highest BCUT2D eigenvalue weighted by Crippen LogP contribution is 2.16. The molecule has 78 valence electrons. The van der Waals surface area contributed by atoms with Gasteiger partial charge in [0, 0.05) is 37.8 Å². The molecular formula is C8H13ClN4O. The smallest absolute Gasteiger partial charge is 0.269 e. The topological polar surface area (TPSA) is 72.9 Å². The van der Waals surface area contributed by atoms with Crippen molar-refractivity contribution in [3.63, 3.8) is 0 Å². The molecule has 2 rings (SSSR count). The molecule has 1 aliphatic rings. The van der Waals surface area contributed by atoms with Gasteiger partial charge in [-0.25, -0.2) is 0 Å². The Morgan fingerprint density at radius 1 is 1.64 bits per heavy atom. The Hall–Kier alpha value is -1.07. The van der Waals surface area contributed by atoms with Gasteiger partial charge in [0.25, 0.3) is 5.91 Å². The van der Waals surface area contributed by atoms with Crippen LogP contribution in [0.25, 0.3) is 0 Å². The Labute approximate surface area is 88.1 Å². The maximum Gasteiger partial charge on any atom is 0.269 e. The molecule has 0 bridgehead atoms. The van der Waals surface area contributed by atoms with Crippen molar-refractivity contribution in [1.82, 2.24) is 15.1 Å². The van der Waals surface area contributed by atoms with E-state index in [1.54, 1.807) is 4.68 Å². The molecule has 0 unspecified atom stereocenters. The Morgan fingerprint density at radius 3 is 3.00 bits per heavy atom. The molecular weight excluding hydrogens is 204 g/mol. The number of aromatic nitrogens is 2. The van der Waals surface area contributed by atoms with Crippen molar-refractivity contribution in [1.29, 1.82) is 0 Å². The van der Waals surface area contributed by atoms with Gasteiger partial charge < -0.3 is 11.1 Å². The molecule has 1 aliphatic heterocycles. The zero-order valence-corrected chi connectivity index (χ0v) is 8.73. The van der Waals surface area contributed by atoms with Gasteiger partial charge in [-0.3, -0.25) is 9.48 Å². The standard InChI is InChI=1S/C8H12N4O.ClH/c1-12-6-2-3-10-4-5(6)7(11-12)8(9)13;/h10H,2-4H2,1H3,(H2,9,13);1H. The van der Waals surface area contributed by atoms with E-state index in [0.29, 0.717) is 12.2 Å². The van der Waals surface area contributed by atoms with Crippen molar-refractivity contribution in [2.75, 3.05) is 6.54 Å². The van der Waals surface area contributed by atoms with E-state index in [9.17, 15) is 4.79 Å². The summed E-state index contributed by atoms with van der Waals surface area (Å²) in [5, 5.41) is 7.28. The second-order valence-corrected chi connectivity index (χ2v) is 3.19. The molecule has 3 N–H and O–H groups in total. The third-order valence-corrected chi connectivity index (χ3v) is 2.35. The summed E-state index contributed by atoms with van der Waals surface area (Å²) in [6.07, 6.45) is 0.909. The van der Waals surface area contributed by atoms with Crippen LogP contribution in [0.2, 0.25) is 0 Å². The lowest BCUT2D eigenvalue weighted by Gasteiger charge is -2.13. The van der Waals surface area contributed by atoms with Crippen LogP contribution in [0.4, 0.5) is 0 Å². The lowest BCUT2D eigenvalue weighted by Crippen LogP contribution is -2.26. The van der Waals surface area contributed by atoms with Gasteiger partial charge in [0.1, 0.15) is 0 Å². The number of halogens is 1. The van der Waals surface area contributed by atoms with Crippen molar-refractivity contribution < 1.29 is 4.79 Å². The third kappa shape index (κ3) is 1.60. The lowest BCUT2D eigenvalue weighted by atomic mass is 10.1. The van der Waals surface area contributed by atoms with Crippen LogP contribution in [-0.2, 0) is 20.0 Å². The average molecular weight is 217 g/mol. The number of nitrogens with zero attached hydrogens (tertiary/aromatic N) is 2. The van der Waals surface area contributed by atoms with E-state index in [-0.39, 0.29) is 12.4 Å². The minimum atomic E-state index is -0.444. The number of hydrogen-bond acceptors (Lipinski definition) is 3. The van der Waals surface area contributed by atoms with Crippen LogP contribution in [0.5, 0.6) is 0 Å². The quantitative estimate of drug-likeness (QED) is 0.670. The van der Waals surface area contributed by atoms with Crippen molar-refractivity contribution in [2.24, 2.45) is 12.8 Å². The van der Waals surface area contributed by atoms with Crippen LogP contribution < -0.4 is 11.1 Å². The van der Waals surface area contributed by atoms with Crippen molar-refractivity contribution in [2.45, 2.75) is 13.0 Å². The van der Waals surface area contributed by atoms with Gasteiger partial charge in [0.15, 0.2) is 5.69 Å². The van der Waals surface area contributed by atoms with E-state index in [0.717, 1.165) is 24.2 Å². The molecule has 0 spiro atoms. The van der Waals surface area contributed by atoms with Gasteiger partial charge in [-0.2, -0.15) is 5.10 Å². The van der Waals surface area contributed by atoms with Gasteiger partial charge in [-0.15, -0.1) is 12.4 Å². The van der Waals surface area contributed by atoms with Crippen LogP contribution in [0.3, 0.4) is 0 Å². The summed E-state index contributed by atoms with van der Waals surface area (Å²) in [5.41, 5.74) is 7.69. The van der Waals surface area contributed by atoms with Crippen molar-refractivity contribution >= 4 is 18.3 Å². The highest BCUT2D eigenvalue weighted by molar-refractivity contribution is 5.92. The summed E-state index contributed by atoms with van der Waals surface area (Å²) < 4.78 is 1.75. The number of fused-ring (bicyclic) bond motifs is 1. The minimum Gasteiger partial charge on any atom is -0.364 e. The summed E-state index contributed by atoms with van der Waals surface area (Å²) in [5.74, 6) is -0.444. The first-order valence-corrected chi connectivity index (χ1v) is 4.25. The summed E-state index contributed by atoms with van der Waals surface area (Å²) in [7, 11) is 1.84. The summed E-state index contributed by atoms with van der Waals surface area (Å²) in [6, 6.07) is 0. The van der Waals surface area contributed by atoms with Gasteiger partial charge >= 0.3 is 0 Å². The fourth-order valence-corrected chi connectivity index (χ4v) is 1.72. The number of nitrogens with one attached hydrogen (secondary N) is 1. The highest BCUT2D eigenvalue weighted by atomic mass is 35.5. The van der Waals surface area contributed by atoms with E-state index in [4.69, 9.17) is 5.73 Å². The number of amides is 1. The second-order valence-electron chi connectivity index (χ2n) is 3.19. The number of carbonyl (C=O) groups is 1. The zero-order valence-electron chi connectivity index (χ0n) is 7.91. The van der Waals surface area contributed by atoms with E-state index < -0.39 is 5.91 Å².